The predicted octanol–water partition coefficient (Wildman–Crippen LogP) is 3.96. The van der Waals surface area contributed by atoms with Gasteiger partial charge in [0.2, 0.25) is 0 Å². The van der Waals surface area contributed by atoms with Gasteiger partial charge in [-0.2, -0.15) is 0 Å². The molecule has 0 radical (unpaired) electrons. The van der Waals surface area contributed by atoms with Crippen LogP contribution in [0, 0.1) is 11.3 Å². The van der Waals surface area contributed by atoms with E-state index in [9.17, 15) is 0 Å². The van der Waals surface area contributed by atoms with Gasteiger partial charge in [-0.1, -0.05) is 20.8 Å². The number of nitrogens with one attached hydrogen (secondary N) is 1. The fourth-order valence-corrected chi connectivity index (χ4v) is 3.41. The highest BCUT2D eigenvalue weighted by molar-refractivity contribution is 5.21. The first-order valence-corrected chi connectivity index (χ1v) is 7.69. The molecule has 1 aliphatic rings. The van der Waals surface area contributed by atoms with Gasteiger partial charge in [-0.05, 0) is 56.7 Å². The molecule has 1 aliphatic carbocycles. The first-order chi connectivity index (χ1) is 9.39. The summed E-state index contributed by atoms with van der Waals surface area (Å²) < 4.78 is 6.15. The van der Waals surface area contributed by atoms with Crippen LogP contribution in [0.25, 0.3) is 0 Å². The fraction of sp³-hybridized carbons (Fsp3) is 0.706. The Hall–Kier alpha value is -1.09. The zero-order chi connectivity index (χ0) is 14.8. The van der Waals surface area contributed by atoms with Gasteiger partial charge < -0.3 is 10.1 Å². The number of ether oxygens (including phenoxy) is 1. The molecule has 1 aromatic rings. The summed E-state index contributed by atoms with van der Waals surface area (Å²) in [7, 11) is 1.95. The van der Waals surface area contributed by atoms with Crippen LogP contribution in [0.15, 0.2) is 18.3 Å². The van der Waals surface area contributed by atoms with Crippen molar-refractivity contribution in [3.63, 3.8) is 0 Å². The summed E-state index contributed by atoms with van der Waals surface area (Å²) in [5.41, 5.74) is 1.44. The van der Waals surface area contributed by atoms with E-state index in [1.165, 1.54) is 6.42 Å². The second kappa shape index (κ2) is 6.13. The van der Waals surface area contributed by atoms with Crippen LogP contribution in [0.1, 0.15) is 58.7 Å². The number of pyridine rings is 1. The molecule has 0 aliphatic heterocycles. The lowest BCUT2D eigenvalue weighted by atomic mass is 9.71. The van der Waals surface area contributed by atoms with E-state index in [2.05, 4.69) is 38.0 Å². The van der Waals surface area contributed by atoms with E-state index in [1.807, 2.05) is 25.4 Å². The topological polar surface area (TPSA) is 34.1 Å². The molecule has 0 spiro atoms. The molecule has 3 atom stereocenters. The Morgan fingerprint density at radius 2 is 2.10 bits per heavy atom. The third-order valence-corrected chi connectivity index (χ3v) is 4.29. The van der Waals surface area contributed by atoms with Crippen LogP contribution < -0.4 is 10.1 Å². The van der Waals surface area contributed by atoms with Crippen LogP contribution in [0.5, 0.6) is 5.75 Å². The molecule has 3 nitrogen and oxygen atoms in total. The Bertz CT molecular complexity index is 427. The molecule has 20 heavy (non-hydrogen) atoms. The number of rotatable bonds is 4. The Morgan fingerprint density at radius 3 is 2.65 bits per heavy atom. The Balaban J connectivity index is 1.99. The van der Waals surface area contributed by atoms with Crippen molar-refractivity contribution in [2.75, 3.05) is 7.05 Å². The maximum absolute atomic E-state index is 6.15. The summed E-state index contributed by atoms with van der Waals surface area (Å²) >= 11 is 0. The Morgan fingerprint density at radius 1 is 1.35 bits per heavy atom. The van der Waals surface area contributed by atoms with Gasteiger partial charge in [0.15, 0.2) is 0 Å². The van der Waals surface area contributed by atoms with E-state index in [1.54, 1.807) is 0 Å². The summed E-state index contributed by atoms with van der Waals surface area (Å²) in [6.07, 6.45) is 5.76. The van der Waals surface area contributed by atoms with Crippen LogP contribution in [0.3, 0.4) is 0 Å². The minimum atomic E-state index is 0.276. The first kappa shape index (κ1) is 15.3. The summed E-state index contributed by atoms with van der Waals surface area (Å²) in [4.78, 5) is 4.48. The SMILES string of the molecule is CNC(C)c1ccc(OC2CC(C)CC(C)(C)C2)cn1. The fourth-order valence-electron chi connectivity index (χ4n) is 3.41. The number of aromatic nitrogens is 1. The van der Waals surface area contributed by atoms with Crippen LogP contribution >= 0.6 is 0 Å². The molecule has 0 amide bonds. The molecule has 3 heteroatoms. The zero-order valence-corrected chi connectivity index (χ0v) is 13.4. The minimum absolute atomic E-state index is 0.276. The average molecular weight is 276 g/mol. The van der Waals surface area contributed by atoms with E-state index < -0.39 is 0 Å². The van der Waals surface area contributed by atoms with Crippen molar-refractivity contribution in [1.82, 2.24) is 10.3 Å². The maximum Gasteiger partial charge on any atom is 0.138 e. The van der Waals surface area contributed by atoms with Crippen molar-refractivity contribution in [1.29, 1.82) is 0 Å². The zero-order valence-electron chi connectivity index (χ0n) is 13.4. The Labute approximate surface area is 123 Å². The molecular weight excluding hydrogens is 248 g/mol. The monoisotopic (exact) mass is 276 g/mol. The number of hydrogen-bond acceptors (Lipinski definition) is 3. The van der Waals surface area contributed by atoms with Gasteiger partial charge in [0.05, 0.1) is 18.0 Å². The van der Waals surface area contributed by atoms with Crippen LogP contribution in [-0.2, 0) is 0 Å². The summed E-state index contributed by atoms with van der Waals surface area (Å²) in [5, 5.41) is 3.20. The molecule has 1 aromatic heterocycles. The van der Waals surface area contributed by atoms with Crippen LogP contribution in [-0.4, -0.2) is 18.1 Å². The first-order valence-electron chi connectivity index (χ1n) is 7.69. The van der Waals surface area contributed by atoms with E-state index in [-0.39, 0.29) is 6.04 Å². The van der Waals surface area contributed by atoms with Gasteiger partial charge >= 0.3 is 0 Å². The lowest BCUT2D eigenvalue weighted by molar-refractivity contribution is 0.0560. The van der Waals surface area contributed by atoms with Crippen molar-refractivity contribution in [3.05, 3.63) is 24.0 Å². The maximum atomic E-state index is 6.15. The molecule has 0 aromatic carbocycles. The smallest absolute Gasteiger partial charge is 0.138 e. The highest BCUT2D eigenvalue weighted by Crippen LogP contribution is 2.39. The number of nitrogens with zero attached hydrogens (tertiary/aromatic N) is 1. The normalized spacial score (nSPS) is 27.1. The number of hydrogen-bond donors (Lipinski definition) is 1. The molecule has 1 N–H and O–H groups in total. The molecular formula is C17H28N2O. The highest BCUT2D eigenvalue weighted by atomic mass is 16.5. The van der Waals surface area contributed by atoms with Gasteiger partial charge in [0, 0.05) is 6.04 Å². The molecule has 1 fully saturated rings. The molecule has 1 saturated carbocycles. The standard InChI is InChI=1S/C17H28N2O/c1-12-8-15(10-17(3,4)9-12)20-14-6-7-16(19-11-14)13(2)18-5/h6-7,11-13,15,18H,8-10H2,1-5H3. The van der Waals surface area contributed by atoms with Crippen LogP contribution in [0.4, 0.5) is 0 Å². The van der Waals surface area contributed by atoms with Crippen molar-refractivity contribution in [3.8, 4) is 5.75 Å². The molecule has 2 rings (SSSR count). The van der Waals surface area contributed by atoms with Crippen molar-refractivity contribution >= 4 is 0 Å². The summed E-state index contributed by atoms with van der Waals surface area (Å²) in [6, 6.07) is 4.37. The van der Waals surface area contributed by atoms with E-state index in [4.69, 9.17) is 4.74 Å². The molecule has 3 unspecified atom stereocenters. The highest BCUT2D eigenvalue weighted by Gasteiger charge is 2.33. The van der Waals surface area contributed by atoms with Crippen molar-refractivity contribution < 1.29 is 4.74 Å². The largest absolute Gasteiger partial charge is 0.489 e. The molecule has 1 heterocycles. The van der Waals surface area contributed by atoms with E-state index in [0.29, 0.717) is 11.5 Å². The van der Waals surface area contributed by atoms with Gasteiger partial charge in [-0.3, -0.25) is 4.98 Å². The third kappa shape index (κ3) is 3.95. The lowest BCUT2D eigenvalue weighted by Gasteiger charge is -2.38. The summed E-state index contributed by atoms with van der Waals surface area (Å²) in [6.45, 7) is 9.12. The quantitative estimate of drug-likeness (QED) is 0.904. The molecule has 112 valence electrons. The minimum Gasteiger partial charge on any atom is -0.489 e. The van der Waals surface area contributed by atoms with Gasteiger partial charge in [0.25, 0.3) is 0 Å². The van der Waals surface area contributed by atoms with Crippen molar-refractivity contribution in [2.24, 2.45) is 11.3 Å². The average Bonchev–Trinajstić information content (AvgIpc) is 2.36. The summed E-state index contributed by atoms with van der Waals surface area (Å²) in [5.74, 6) is 1.63. The van der Waals surface area contributed by atoms with Crippen molar-refractivity contribution in [2.45, 2.75) is 59.1 Å². The predicted molar refractivity (Wildman–Crippen MR) is 82.9 cm³/mol. The van der Waals surface area contributed by atoms with Gasteiger partial charge in [-0.25, -0.2) is 0 Å². The van der Waals surface area contributed by atoms with Crippen LogP contribution in [0.2, 0.25) is 0 Å². The van der Waals surface area contributed by atoms with E-state index in [0.717, 1.165) is 30.2 Å². The second-order valence-corrected chi connectivity index (χ2v) is 7.08. The van der Waals surface area contributed by atoms with E-state index >= 15 is 0 Å². The molecule has 0 bridgehead atoms. The van der Waals surface area contributed by atoms with Gasteiger partial charge in [0.1, 0.15) is 5.75 Å². The second-order valence-electron chi connectivity index (χ2n) is 7.08. The van der Waals surface area contributed by atoms with Gasteiger partial charge in [-0.15, -0.1) is 0 Å². The third-order valence-electron chi connectivity index (χ3n) is 4.29. The molecule has 0 saturated heterocycles. The lowest BCUT2D eigenvalue weighted by Crippen LogP contribution is -2.34. The Kier molecular flexibility index (Phi) is 4.69.